The minimum atomic E-state index is -0.460. The van der Waals surface area contributed by atoms with Gasteiger partial charge in [0.05, 0.1) is 16.9 Å². The van der Waals surface area contributed by atoms with Gasteiger partial charge < -0.3 is 15.8 Å². The highest BCUT2D eigenvalue weighted by atomic mass is 35.5. The standard InChI is InChI=1S/C16H11ClN6O2/c17-8-1-3-14-11(5-8)21-16(24)10-6-9(2-4-13(10)25-14)22-23-12(7-18)15(19)20/h1-6,22H,(H3,19,20)(H,21,24)/b23-12+. The SMILES string of the molecule is N#C/C(=N\Nc1ccc2c(c1)C(=O)Nc1cc(Cl)ccc1O2)C(=N)N. The molecule has 1 aliphatic rings. The smallest absolute Gasteiger partial charge is 0.259 e. The van der Waals surface area contributed by atoms with Gasteiger partial charge in [0, 0.05) is 5.02 Å². The Kier molecular flexibility index (Phi) is 4.24. The highest BCUT2D eigenvalue weighted by Crippen LogP contribution is 2.37. The van der Waals surface area contributed by atoms with E-state index in [-0.39, 0.29) is 17.2 Å². The minimum absolute atomic E-state index is 0.266. The predicted molar refractivity (Wildman–Crippen MR) is 94.5 cm³/mol. The van der Waals surface area contributed by atoms with Crippen LogP contribution in [0.15, 0.2) is 41.5 Å². The van der Waals surface area contributed by atoms with Gasteiger partial charge in [-0.1, -0.05) is 11.6 Å². The van der Waals surface area contributed by atoms with Crippen LogP contribution in [0.25, 0.3) is 0 Å². The molecule has 0 aromatic heterocycles. The number of benzene rings is 2. The second kappa shape index (κ2) is 6.51. The molecule has 0 radical (unpaired) electrons. The molecule has 8 nitrogen and oxygen atoms in total. The van der Waals surface area contributed by atoms with E-state index in [2.05, 4.69) is 15.8 Å². The predicted octanol–water partition coefficient (Wildman–Crippen LogP) is 2.93. The largest absolute Gasteiger partial charge is 0.454 e. The number of ether oxygens (including phenoxy) is 1. The lowest BCUT2D eigenvalue weighted by molar-refractivity contribution is 0.102. The molecule has 1 heterocycles. The van der Waals surface area contributed by atoms with Crippen LogP contribution in [0.4, 0.5) is 11.4 Å². The van der Waals surface area contributed by atoms with Gasteiger partial charge in [0.2, 0.25) is 5.71 Å². The number of rotatable bonds is 3. The van der Waals surface area contributed by atoms with Crippen molar-refractivity contribution < 1.29 is 9.53 Å². The first kappa shape index (κ1) is 16.3. The quantitative estimate of drug-likeness (QED) is 0.381. The van der Waals surface area contributed by atoms with Crippen LogP contribution >= 0.6 is 11.6 Å². The van der Waals surface area contributed by atoms with Crippen molar-refractivity contribution in [2.24, 2.45) is 10.8 Å². The summed E-state index contributed by atoms with van der Waals surface area (Å²) in [5, 5.41) is 23.0. The van der Waals surface area contributed by atoms with Gasteiger partial charge in [0.1, 0.15) is 11.8 Å². The maximum Gasteiger partial charge on any atom is 0.259 e. The van der Waals surface area contributed by atoms with Crippen molar-refractivity contribution in [3.05, 3.63) is 47.0 Å². The third-order valence-electron chi connectivity index (χ3n) is 3.29. The Morgan fingerprint density at radius 1 is 1.32 bits per heavy atom. The molecular formula is C16H11ClN6O2. The lowest BCUT2D eigenvalue weighted by Gasteiger charge is -2.08. The molecule has 0 saturated carbocycles. The highest BCUT2D eigenvalue weighted by Gasteiger charge is 2.21. The summed E-state index contributed by atoms with van der Waals surface area (Å²) < 4.78 is 5.76. The molecule has 0 atom stereocenters. The van der Waals surface area contributed by atoms with Gasteiger partial charge in [-0.25, -0.2) is 0 Å². The van der Waals surface area contributed by atoms with Gasteiger partial charge in [-0.15, -0.1) is 0 Å². The maximum atomic E-state index is 12.4. The van der Waals surface area contributed by atoms with Crippen LogP contribution in [-0.4, -0.2) is 17.5 Å². The van der Waals surface area contributed by atoms with E-state index in [0.29, 0.717) is 27.9 Å². The van der Waals surface area contributed by atoms with E-state index in [4.69, 9.17) is 32.7 Å². The maximum absolute atomic E-state index is 12.4. The van der Waals surface area contributed by atoms with Gasteiger partial charge in [-0.05, 0) is 36.4 Å². The summed E-state index contributed by atoms with van der Waals surface area (Å²) in [4.78, 5) is 12.4. The molecule has 25 heavy (non-hydrogen) atoms. The monoisotopic (exact) mass is 354 g/mol. The van der Waals surface area contributed by atoms with Crippen LogP contribution in [-0.2, 0) is 0 Å². The number of anilines is 2. The molecule has 1 amide bonds. The van der Waals surface area contributed by atoms with Crippen LogP contribution in [0.3, 0.4) is 0 Å². The Bertz CT molecular complexity index is 964. The molecule has 0 fully saturated rings. The van der Waals surface area contributed by atoms with Crippen LogP contribution in [0.1, 0.15) is 10.4 Å². The number of fused-ring (bicyclic) bond motifs is 2. The van der Waals surface area contributed by atoms with Crippen molar-refractivity contribution in [2.75, 3.05) is 10.7 Å². The minimum Gasteiger partial charge on any atom is -0.454 e. The van der Waals surface area contributed by atoms with Crippen molar-refractivity contribution in [1.29, 1.82) is 10.7 Å². The highest BCUT2D eigenvalue weighted by molar-refractivity contribution is 6.45. The van der Waals surface area contributed by atoms with Crippen LogP contribution in [0.5, 0.6) is 11.5 Å². The lowest BCUT2D eigenvalue weighted by Crippen LogP contribution is -2.21. The van der Waals surface area contributed by atoms with E-state index < -0.39 is 5.84 Å². The van der Waals surface area contributed by atoms with Gasteiger partial charge in [0.25, 0.3) is 5.91 Å². The number of carbonyl (C=O) groups is 1. The van der Waals surface area contributed by atoms with Crippen LogP contribution in [0.2, 0.25) is 5.02 Å². The van der Waals surface area contributed by atoms with E-state index in [1.165, 1.54) is 6.07 Å². The summed E-state index contributed by atoms with van der Waals surface area (Å²) in [5.74, 6) is -0.00682. The molecule has 0 saturated heterocycles. The Hall–Kier alpha value is -3.57. The van der Waals surface area contributed by atoms with Crippen molar-refractivity contribution in [3.8, 4) is 17.6 Å². The van der Waals surface area contributed by atoms with Crippen LogP contribution < -0.4 is 21.2 Å². The van der Waals surface area contributed by atoms with Gasteiger partial charge in [-0.2, -0.15) is 10.4 Å². The van der Waals surface area contributed by atoms with E-state index in [1.54, 1.807) is 36.4 Å². The molecule has 0 unspecified atom stereocenters. The fourth-order valence-corrected chi connectivity index (χ4v) is 2.30. The molecule has 0 aliphatic carbocycles. The topological polar surface area (TPSA) is 136 Å². The number of hydrogen-bond donors (Lipinski definition) is 4. The Labute approximate surface area is 147 Å². The normalized spacial score (nSPS) is 12.6. The van der Waals surface area contributed by atoms with Crippen molar-refractivity contribution >= 4 is 40.4 Å². The van der Waals surface area contributed by atoms with E-state index >= 15 is 0 Å². The third kappa shape index (κ3) is 3.36. The Morgan fingerprint density at radius 2 is 2.08 bits per heavy atom. The van der Waals surface area contributed by atoms with E-state index in [9.17, 15) is 4.79 Å². The molecule has 1 aliphatic heterocycles. The van der Waals surface area contributed by atoms with Gasteiger partial charge >= 0.3 is 0 Å². The Morgan fingerprint density at radius 3 is 2.80 bits per heavy atom. The molecule has 0 bridgehead atoms. The summed E-state index contributed by atoms with van der Waals surface area (Å²) in [6.07, 6.45) is 0. The zero-order valence-corrected chi connectivity index (χ0v) is 13.4. The zero-order valence-electron chi connectivity index (χ0n) is 12.6. The number of halogens is 1. The molecule has 0 spiro atoms. The third-order valence-corrected chi connectivity index (χ3v) is 3.53. The Balaban J connectivity index is 1.93. The first-order valence-electron chi connectivity index (χ1n) is 6.99. The van der Waals surface area contributed by atoms with Crippen molar-refractivity contribution in [3.63, 3.8) is 0 Å². The lowest BCUT2D eigenvalue weighted by atomic mass is 10.1. The fraction of sp³-hybridized carbons (Fsp3) is 0. The van der Waals surface area contributed by atoms with Gasteiger partial charge in [-0.3, -0.25) is 15.6 Å². The molecule has 9 heteroatoms. The molecule has 2 aromatic carbocycles. The number of hydrogen-bond acceptors (Lipinski definition) is 6. The van der Waals surface area contributed by atoms with Crippen molar-refractivity contribution in [2.45, 2.75) is 0 Å². The molecular weight excluding hydrogens is 344 g/mol. The molecule has 2 aromatic rings. The number of hydrazone groups is 1. The van der Waals surface area contributed by atoms with E-state index in [0.717, 1.165) is 0 Å². The molecule has 124 valence electrons. The summed E-state index contributed by atoms with van der Waals surface area (Å²) in [7, 11) is 0. The van der Waals surface area contributed by atoms with Crippen LogP contribution in [0, 0.1) is 16.7 Å². The molecule has 5 N–H and O–H groups in total. The first-order chi connectivity index (χ1) is 12.0. The number of nitriles is 1. The number of nitrogens with zero attached hydrogens (tertiary/aromatic N) is 2. The number of nitrogens with two attached hydrogens (primary N) is 1. The molecule has 3 rings (SSSR count). The first-order valence-corrected chi connectivity index (χ1v) is 7.36. The number of amides is 1. The van der Waals surface area contributed by atoms with Gasteiger partial charge in [0.15, 0.2) is 11.6 Å². The zero-order chi connectivity index (χ0) is 18.0. The second-order valence-corrected chi connectivity index (χ2v) is 5.44. The number of amidine groups is 1. The summed E-state index contributed by atoms with van der Waals surface area (Å²) in [6, 6.07) is 11.3. The summed E-state index contributed by atoms with van der Waals surface area (Å²) >= 11 is 5.94. The van der Waals surface area contributed by atoms with Crippen molar-refractivity contribution in [1.82, 2.24) is 0 Å². The summed E-state index contributed by atoms with van der Waals surface area (Å²) in [6.45, 7) is 0. The second-order valence-electron chi connectivity index (χ2n) is 5.01. The number of carbonyl (C=O) groups excluding carboxylic acids is 1. The fourth-order valence-electron chi connectivity index (χ4n) is 2.13. The average molecular weight is 355 g/mol. The average Bonchev–Trinajstić information content (AvgIpc) is 2.71. The van der Waals surface area contributed by atoms with E-state index in [1.807, 2.05) is 0 Å². The number of nitrogens with one attached hydrogen (secondary N) is 3. The summed E-state index contributed by atoms with van der Waals surface area (Å²) in [5.41, 5.74) is 8.70.